The predicted octanol–water partition coefficient (Wildman–Crippen LogP) is 1.64. The summed E-state index contributed by atoms with van der Waals surface area (Å²) >= 11 is 0. The summed E-state index contributed by atoms with van der Waals surface area (Å²) in [6.07, 6.45) is 2.56. The van der Waals surface area contributed by atoms with E-state index in [-0.39, 0.29) is 0 Å². The number of allylic oxidation sites excluding steroid dienone is 1. The number of aliphatic carboxylic acids is 1. The van der Waals surface area contributed by atoms with E-state index in [1.165, 1.54) is 6.08 Å². The Morgan fingerprint density at radius 1 is 1.44 bits per heavy atom. The number of hydrogen-bond acceptors (Lipinski definition) is 4. The molecule has 0 saturated carbocycles. The number of benzene rings is 1. The highest BCUT2D eigenvalue weighted by Crippen LogP contribution is 2.32. The van der Waals surface area contributed by atoms with Crippen molar-refractivity contribution < 1.29 is 19.4 Å². The number of carboxylic acid groups (broad SMARTS) is 1. The fraction of sp³-hybridized carbons (Fsp3) is 0.182. The first-order valence-corrected chi connectivity index (χ1v) is 4.64. The Balaban J connectivity index is 0.000000187. The Kier molecular flexibility index (Phi) is 4.20. The molecule has 0 radical (unpaired) electrons. The van der Waals surface area contributed by atoms with Gasteiger partial charge in [-0.2, -0.15) is 0 Å². The molecule has 5 heteroatoms. The molecule has 3 N–H and O–H groups in total. The third-order valence-corrected chi connectivity index (χ3v) is 1.71. The zero-order valence-corrected chi connectivity index (χ0v) is 8.84. The summed E-state index contributed by atoms with van der Waals surface area (Å²) in [6, 6.07) is 5.34. The fourth-order valence-electron chi connectivity index (χ4n) is 1.06. The van der Waals surface area contributed by atoms with Crippen molar-refractivity contribution in [3.8, 4) is 11.5 Å². The Bertz CT molecular complexity index is 401. The highest BCUT2D eigenvalue weighted by atomic mass is 16.7. The summed E-state index contributed by atoms with van der Waals surface area (Å²) in [5.41, 5.74) is 6.19. The lowest BCUT2D eigenvalue weighted by Crippen LogP contribution is -1.92. The van der Waals surface area contributed by atoms with Gasteiger partial charge >= 0.3 is 5.97 Å². The van der Waals surface area contributed by atoms with Crippen molar-refractivity contribution in [2.45, 2.75) is 6.92 Å². The van der Waals surface area contributed by atoms with Gasteiger partial charge in [0.1, 0.15) is 0 Å². The smallest absolute Gasteiger partial charge is 0.327 e. The summed E-state index contributed by atoms with van der Waals surface area (Å²) in [7, 11) is 0. The average molecular weight is 223 g/mol. The second kappa shape index (κ2) is 5.65. The van der Waals surface area contributed by atoms with Gasteiger partial charge in [-0.15, -0.1) is 0 Å². The number of rotatable bonds is 1. The van der Waals surface area contributed by atoms with Crippen molar-refractivity contribution in [1.82, 2.24) is 0 Å². The van der Waals surface area contributed by atoms with E-state index >= 15 is 0 Å². The number of ether oxygens (including phenoxy) is 2. The lowest BCUT2D eigenvalue weighted by Gasteiger charge is -1.94. The molecule has 0 bridgehead atoms. The molecule has 5 nitrogen and oxygen atoms in total. The number of carboxylic acids is 1. The van der Waals surface area contributed by atoms with Crippen molar-refractivity contribution in [3.63, 3.8) is 0 Å². The highest BCUT2D eigenvalue weighted by molar-refractivity contribution is 5.79. The molecule has 0 fully saturated rings. The van der Waals surface area contributed by atoms with Crippen LogP contribution in [0.15, 0.2) is 30.4 Å². The van der Waals surface area contributed by atoms with Crippen LogP contribution in [-0.2, 0) is 4.79 Å². The van der Waals surface area contributed by atoms with Gasteiger partial charge in [-0.1, -0.05) is 6.08 Å². The van der Waals surface area contributed by atoms with E-state index in [2.05, 4.69) is 0 Å². The second-order valence-electron chi connectivity index (χ2n) is 2.95. The summed E-state index contributed by atoms with van der Waals surface area (Å²) < 4.78 is 10.2. The molecule has 0 spiro atoms. The van der Waals surface area contributed by atoms with Crippen molar-refractivity contribution in [3.05, 3.63) is 30.4 Å². The first-order valence-electron chi connectivity index (χ1n) is 4.64. The minimum atomic E-state index is -0.891. The molecule has 1 aliphatic heterocycles. The monoisotopic (exact) mass is 223 g/mol. The van der Waals surface area contributed by atoms with Gasteiger partial charge in [0.2, 0.25) is 6.79 Å². The van der Waals surface area contributed by atoms with Crippen LogP contribution in [0.1, 0.15) is 6.92 Å². The van der Waals surface area contributed by atoms with Gasteiger partial charge in [0.15, 0.2) is 11.5 Å². The van der Waals surface area contributed by atoms with Crippen LogP contribution >= 0.6 is 0 Å². The van der Waals surface area contributed by atoms with Crippen LogP contribution in [-0.4, -0.2) is 17.9 Å². The number of hydrogen-bond donors (Lipinski definition) is 2. The molecular weight excluding hydrogens is 210 g/mol. The minimum Gasteiger partial charge on any atom is -0.478 e. The van der Waals surface area contributed by atoms with Crippen LogP contribution < -0.4 is 15.2 Å². The maximum absolute atomic E-state index is 9.51. The van der Waals surface area contributed by atoms with E-state index < -0.39 is 5.97 Å². The molecule has 0 aliphatic carbocycles. The average Bonchev–Trinajstić information content (AvgIpc) is 2.65. The lowest BCUT2D eigenvalue weighted by molar-refractivity contribution is -0.131. The molecule has 0 aromatic heterocycles. The number of anilines is 1. The van der Waals surface area contributed by atoms with E-state index in [1.807, 2.05) is 0 Å². The van der Waals surface area contributed by atoms with Gasteiger partial charge in [-0.3, -0.25) is 0 Å². The molecule has 1 aromatic rings. The van der Waals surface area contributed by atoms with E-state index in [1.54, 1.807) is 25.1 Å². The SMILES string of the molecule is CC=CC(=O)O.Nc1ccc2c(c1)OCO2. The molecule has 1 heterocycles. The van der Waals surface area contributed by atoms with Gasteiger partial charge in [0.05, 0.1) is 0 Å². The largest absolute Gasteiger partial charge is 0.478 e. The van der Waals surface area contributed by atoms with Crippen LogP contribution in [0.25, 0.3) is 0 Å². The number of nitrogen functional groups attached to an aromatic ring is 1. The first kappa shape index (κ1) is 11.9. The Morgan fingerprint density at radius 2 is 2.12 bits per heavy atom. The molecule has 1 aliphatic rings. The van der Waals surface area contributed by atoms with Crippen LogP contribution in [0.4, 0.5) is 5.69 Å². The van der Waals surface area contributed by atoms with Gasteiger partial charge in [-0.05, 0) is 19.1 Å². The standard InChI is InChI=1S/C7H7NO2.C4H6O2/c8-5-1-2-6-7(3-5)10-4-9-6;1-2-3-4(5)6/h1-3H,4,8H2;2-3H,1H3,(H,5,6). The third-order valence-electron chi connectivity index (χ3n) is 1.71. The van der Waals surface area contributed by atoms with Crippen LogP contribution in [0.3, 0.4) is 0 Å². The zero-order chi connectivity index (χ0) is 12.0. The fourth-order valence-corrected chi connectivity index (χ4v) is 1.06. The maximum Gasteiger partial charge on any atom is 0.327 e. The maximum atomic E-state index is 9.51. The Morgan fingerprint density at radius 3 is 2.69 bits per heavy atom. The summed E-state index contributed by atoms with van der Waals surface area (Å²) in [4.78, 5) is 9.51. The lowest BCUT2D eigenvalue weighted by atomic mass is 10.3. The number of fused-ring (bicyclic) bond motifs is 1. The quantitative estimate of drug-likeness (QED) is 0.558. The van der Waals surface area contributed by atoms with E-state index in [4.69, 9.17) is 20.3 Å². The minimum absolute atomic E-state index is 0.304. The summed E-state index contributed by atoms with van der Waals surface area (Å²) in [6.45, 7) is 1.97. The number of carbonyl (C=O) groups is 1. The van der Waals surface area contributed by atoms with Crippen LogP contribution in [0, 0.1) is 0 Å². The first-order chi connectivity index (χ1) is 7.63. The van der Waals surface area contributed by atoms with Crippen LogP contribution in [0.2, 0.25) is 0 Å². The second-order valence-corrected chi connectivity index (χ2v) is 2.95. The normalized spacial score (nSPS) is 12.1. The third kappa shape index (κ3) is 3.53. The Labute approximate surface area is 93.1 Å². The molecule has 1 aromatic carbocycles. The van der Waals surface area contributed by atoms with Gasteiger partial charge in [0.25, 0.3) is 0 Å². The van der Waals surface area contributed by atoms with Gasteiger partial charge < -0.3 is 20.3 Å². The van der Waals surface area contributed by atoms with E-state index in [0.29, 0.717) is 12.5 Å². The van der Waals surface area contributed by atoms with Crippen molar-refractivity contribution in [2.75, 3.05) is 12.5 Å². The molecule has 0 unspecified atom stereocenters. The molecule has 0 atom stereocenters. The summed E-state index contributed by atoms with van der Waals surface area (Å²) in [5, 5.41) is 7.83. The van der Waals surface area contributed by atoms with Crippen molar-refractivity contribution >= 4 is 11.7 Å². The zero-order valence-electron chi connectivity index (χ0n) is 8.84. The molecule has 16 heavy (non-hydrogen) atoms. The molecule has 0 saturated heterocycles. The molecule has 86 valence electrons. The Hall–Kier alpha value is -2.17. The van der Waals surface area contributed by atoms with E-state index in [9.17, 15) is 4.79 Å². The summed E-state index contributed by atoms with van der Waals surface area (Å²) in [5.74, 6) is 0.617. The number of nitrogens with two attached hydrogens (primary N) is 1. The predicted molar refractivity (Wildman–Crippen MR) is 59.4 cm³/mol. The topological polar surface area (TPSA) is 81.8 Å². The molecular formula is C11H13NO4. The highest BCUT2D eigenvalue weighted by Gasteiger charge is 2.11. The van der Waals surface area contributed by atoms with Gasteiger partial charge in [0, 0.05) is 17.8 Å². The van der Waals surface area contributed by atoms with Crippen molar-refractivity contribution in [1.29, 1.82) is 0 Å². The van der Waals surface area contributed by atoms with Crippen LogP contribution in [0.5, 0.6) is 11.5 Å². The van der Waals surface area contributed by atoms with Gasteiger partial charge in [-0.25, -0.2) is 4.79 Å². The molecule has 0 amide bonds. The van der Waals surface area contributed by atoms with Crippen molar-refractivity contribution in [2.24, 2.45) is 0 Å². The van der Waals surface area contributed by atoms with E-state index in [0.717, 1.165) is 17.6 Å². The molecule has 2 rings (SSSR count).